The molecule has 0 aliphatic rings. The van der Waals surface area contributed by atoms with E-state index in [1.54, 1.807) is 36.4 Å². The van der Waals surface area contributed by atoms with E-state index in [9.17, 15) is 9.59 Å². The van der Waals surface area contributed by atoms with E-state index >= 15 is 0 Å². The van der Waals surface area contributed by atoms with Gasteiger partial charge >= 0.3 is 0 Å². The van der Waals surface area contributed by atoms with E-state index in [0.717, 1.165) is 0 Å². The van der Waals surface area contributed by atoms with Gasteiger partial charge in [-0.05, 0) is 44.2 Å². The summed E-state index contributed by atoms with van der Waals surface area (Å²) in [7, 11) is 1.48. The van der Waals surface area contributed by atoms with Gasteiger partial charge in [0.1, 0.15) is 17.9 Å². The monoisotopic (exact) mass is 376 g/mol. The van der Waals surface area contributed by atoms with Crippen molar-refractivity contribution in [3.8, 4) is 11.5 Å². The zero-order valence-electron chi connectivity index (χ0n) is 14.8. The third-order valence-corrected chi connectivity index (χ3v) is 3.52. The van der Waals surface area contributed by atoms with E-state index in [2.05, 4.69) is 10.6 Å². The number of nitrogens with one attached hydrogen (secondary N) is 2. The first-order valence-corrected chi connectivity index (χ1v) is 8.45. The molecular formula is C19H21ClN2O4. The number of rotatable bonds is 7. The Kier molecular flexibility index (Phi) is 6.86. The van der Waals surface area contributed by atoms with Gasteiger partial charge < -0.3 is 20.1 Å². The largest absolute Gasteiger partial charge is 0.495 e. The first kappa shape index (κ1) is 19.6. The maximum Gasteiger partial charge on any atom is 0.233 e. The normalized spacial score (nSPS) is 10.3. The summed E-state index contributed by atoms with van der Waals surface area (Å²) in [5.41, 5.74) is 0.917. The van der Waals surface area contributed by atoms with Crippen LogP contribution in [0.2, 0.25) is 5.02 Å². The number of hydrogen-bond acceptors (Lipinski definition) is 4. The Bertz CT molecular complexity index is 793. The van der Waals surface area contributed by atoms with Crippen molar-refractivity contribution in [3.63, 3.8) is 0 Å². The Morgan fingerprint density at radius 3 is 2.31 bits per heavy atom. The van der Waals surface area contributed by atoms with Crippen LogP contribution in [0.25, 0.3) is 0 Å². The van der Waals surface area contributed by atoms with Crippen molar-refractivity contribution >= 4 is 34.8 Å². The molecule has 0 unspecified atom stereocenters. The predicted octanol–water partition coefficient (Wildman–Crippen LogP) is 4.10. The molecule has 2 amide bonds. The van der Waals surface area contributed by atoms with Gasteiger partial charge in [0, 0.05) is 5.02 Å². The van der Waals surface area contributed by atoms with Gasteiger partial charge in [-0.3, -0.25) is 9.59 Å². The van der Waals surface area contributed by atoms with Crippen molar-refractivity contribution < 1.29 is 19.1 Å². The van der Waals surface area contributed by atoms with Crippen molar-refractivity contribution in [3.05, 3.63) is 47.5 Å². The summed E-state index contributed by atoms with van der Waals surface area (Å²) in [5, 5.41) is 5.77. The highest BCUT2D eigenvalue weighted by atomic mass is 35.5. The summed E-state index contributed by atoms with van der Waals surface area (Å²) in [4.78, 5) is 24.3. The number of carbonyl (C=O) groups is 2. The highest BCUT2D eigenvalue weighted by Gasteiger charge is 2.14. The molecule has 138 valence electrons. The van der Waals surface area contributed by atoms with Gasteiger partial charge in [0.2, 0.25) is 11.8 Å². The van der Waals surface area contributed by atoms with Crippen molar-refractivity contribution in [2.24, 2.45) is 0 Å². The highest BCUT2D eigenvalue weighted by molar-refractivity contribution is 6.31. The van der Waals surface area contributed by atoms with Crippen molar-refractivity contribution in [2.45, 2.75) is 26.4 Å². The topological polar surface area (TPSA) is 76.7 Å². The number of halogens is 1. The highest BCUT2D eigenvalue weighted by Crippen LogP contribution is 2.28. The summed E-state index contributed by atoms with van der Waals surface area (Å²) in [6, 6.07) is 11.9. The van der Waals surface area contributed by atoms with Crippen LogP contribution in [0.15, 0.2) is 42.5 Å². The van der Waals surface area contributed by atoms with Crippen LogP contribution < -0.4 is 20.1 Å². The van der Waals surface area contributed by atoms with E-state index in [1.807, 2.05) is 19.9 Å². The van der Waals surface area contributed by atoms with Gasteiger partial charge in [-0.15, -0.1) is 0 Å². The summed E-state index contributed by atoms with van der Waals surface area (Å²) < 4.78 is 10.8. The van der Waals surface area contributed by atoms with Gasteiger partial charge in [0.05, 0.1) is 24.6 Å². The van der Waals surface area contributed by atoms with Gasteiger partial charge in [0.15, 0.2) is 0 Å². The van der Waals surface area contributed by atoms with Crippen LogP contribution >= 0.6 is 11.6 Å². The number of methoxy groups -OCH3 is 1. The number of carbonyl (C=O) groups excluding carboxylic acids is 2. The summed E-state index contributed by atoms with van der Waals surface area (Å²) in [6.07, 6.45) is -0.391. The average molecular weight is 377 g/mol. The zero-order chi connectivity index (χ0) is 19.1. The average Bonchev–Trinajstić information content (AvgIpc) is 2.56. The summed E-state index contributed by atoms with van der Waals surface area (Å²) in [5.74, 6) is 0.0697. The van der Waals surface area contributed by atoms with Crippen LogP contribution in [0.1, 0.15) is 20.3 Å². The molecule has 2 aromatic rings. The Hall–Kier alpha value is -2.73. The van der Waals surface area contributed by atoms with E-state index < -0.39 is 11.8 Å². The molecule has 0 aliphatic heterocycles. The molecule has 0 saturated carbocycles. The number of para-hydroxylation sites is 2. The molecule has 0 heterocycles. The van der Waals surface area contributed by atoms with Crippen LogP contribution in [0.5, 0.6) is 11.5 Å². The molecule has 0 bridgehead atoms. The van der Waals surface area contributed by atoms with Crippen molar-refractivity contribution in [1.82, 2.24) is 0 Å². The molecule has 2 aromatic carbocycles. The maximum absolute atomic E-state index is 12.2. The van der Waals surface area contributed by atoms with Crippen LogP contribution in [0.4, 0.5) is 11.4 Å². The smallest absolute Gasteiger partial charge is 0.233 e. The minimum atomic E-state index is -0.481. The van der Waals surface area contributed by atoms with E-state index in [-0.39, 0.29) is 12.5 Å². The van der Waals surface area contributed by atoms with Crippen LogP contribution in [-0.4, -0.2) is 25.0 Å². The Labute approximate surface area is 157 Å². The minimum Gasteiger partial charge on any atom is -0.495 e. The second-order valence-corrected chi connectivity index (χ2v) is 6.22. The molecule has 2 rings (SSSR count). The molecule has 0 saturated heterocycles. The fourth-order valence-electron chi connectivity index (χ4n) is 2.24. The molecule has 0 spiro atoms. The van der Waals surface area contributed by atoms with Crippen molar-refractivity contribution in [2.75, 3.05) is 17.7 Å². The van der Waals surface area contributed by atoms with E-state index in [4.69, 9.17) is 21.1 Å². The quantitative estimate of drug-likeness (QED) is 0.713. The first-order valence-electron chi connectivity index (χ1n) is 8.08. The molecule has 0 aromatic heterocycles. The summed E-state index contributed by atoms with van der Waals surface area (Å²) in [6.45, 7) is 3.79. The minimum absolute atomic E-state index is 0.0355. The Morgan fingerprint density at radius 2 is 1.65 bits per heavy atom. The number of anilines is 2. The van der Waals surface area contributed by atoms with Crippen molar-refractivity contribution in [1.29, 1.82) is 0 Å². The predicted molar refractivity (Wildman–Crippen MR) is 102 cm³/mol. The molecule has 0 atom stereocenters. The fourth-order valence-corrected chi connectivity index (χ4v) is 2.41. The molecule has 2 N–H and O–H groups in total. The van der Waals surface area contributed by atoms with Gasteiger partial charge in [-0.2, -0.15) is 0 Å². The van der Waals surface area contributed by atoms with E-state index in [0.29, 0.717) is 27.9 Å². The number of benzene rings is 2. The molecule has 0 radical (unpaired) electrons. The standard InChI is InChI=1S/C19H21ClN2O4/c1-12(2)26-17-7-5-4-6-14(17)21-18(23)11-19(24)22-15-10-13(20)8-9-16(15)25-3/h4-10,12H,11H2,1-3H3,(H,21,23)(H,22,24). The second-order valence-electron chi connectivity index (χ2n) is 5.78. The van der Waals surface area contributed by atoms with Gasteiger partial charge in [0.25, 0.3) is 0 Å². The van der Waals surface area contributed by atoms with Crippen LogP contribution in [0, 0.1) is 0 Å². The number of hydrogen-bond donors (Lipinski definition) is 2. The van der Waals surface area contributed by atoms with E-state index in [1.165, 1.54) is 7.11 Å². The molecule has 7 heteroatoms. The van der Waals surface area contributed by atoms with Gasteiger partial charge in [-0.25, -0.2) is 0 Å². The zero-order valence-corrected chi connectivity index (χ0v) is 15.6. The third kappa shape index (κ3) is 5.67. The SMILES string of the molecule is COc1ccc(Cl)cc1NC(=O)CC(=O)Nc1ccccc1OC(C)C. The van der Waals surface area contributed by atoms with Crippen LogP contribution in [-0.2, 0) is 9.59 Å². The molecule has 6 nitrogen and oxygen atoms in total. The Balaban J connectivity index is 2.00. The number of amides is 2. The summed E-state index contributed by atoms with van der Waals surface area (Å²) >= 11 is 5.93. The maximum atomic E-state index is 12.2. The Morgan fingerprint density at radius 1 is 1.00 bits per heavy atom. The lowest BCUT2D eigenvalue weighted by molar-refractivity contribution is -0.123. The lowest BCUT2D eigenvalue weighted by Crippen LogP contribution is -2.22. The molecule has 0 fully saturated rings. The molecule has 0 aliphatic carbocycles. The fraction of sp³-hybridized carbons (Fsp3) is 0.263. The molecular weight excluding hydrogens is 356 g/mol. The lowest BCUT2D eigenvalue weighted by atomic mass is 10.2. The lowest BCUT2D eigenvalue weighted by Gasteiger charge is -2.15. The number of ether oxygens (including phenoxy) is 2. The molecule has 26 heavy (non-hydrogen) atoms. The van der Waals surface area contributed by atoms with Crippen LogP contribution in [0.3, 0.4) is 0 Å². The second kappa shape index (κ2) is 9.10. The first-order chi connectivity index (χ1) is 12.4. The third-order valence-electron chi connectivity index (χ3n) is 3.28. The van der Waals surface area contributed by atoms with Gasteiger partial charge in [-0.1, -0.05) is 23.7 Å².